The molecule has 0 saturated carbocycles. The lowest BCUT2D eigenvalue weighted by Gasteiger charge is -2.26. The highest BCUT2D eigenvalue weighted by atomic mass is 16.5. The van der Waals surface area contributed by atoms with E-state index in [1.54, 1.807) is 7.11 Å². The van der Waals surface area contributed by atoms with Crippen LogP contribution in [0.3, 0.4) is 0 Å². The summed E-state index contributed by atoms with van der Waals surface area (Å²) in [6.07, 6.45) is 3.02. The summed E-state index contributed by atoms with van der Waals surface area (Å²) < 4.78 is 7.55. The number of hydrogen-bond acceptors (Lipinski definition) is 7. The molecule has 0 amide bonds. The van der Waals surface area contributed by atoms with Crippen LogP contribution in [0.25, 0.3) is 27.9 Å². The standard InChI is InChI=1S/C25H31N7O.C2H6/c1-15-13-32-23(16(2)26-15)24(33-6)22(30-32)20-8-7-19-18(27-20)9-10-21(28-19)31-12-11-17(14-31)29-25(3,4)5;1-2/h7-10,13,17,29H,11-12,14H2,1-6H3;1-2H3. The molecule has 8 nitrogen and oxygen atoms in total. The molecule has 1 fully saturated rings. The van der Waals surface area contributed by atoms with E-state index in [1.165, 1.54) is 0 Å². The minimum atomic E-state index is 0.115. The first-order valence-corrected chi connectivity index (χ1v) is 12.4. The van der Waals surface area contributed by atoms with Gasteiger partial charge >= 0.3 is 0 Å². The highest BCUT2D eigenvalue weighted by Gasteiger charge is 2.27. The zero-order valence-corrected chi connectivity index (χ0v) is 22.2. The number of hydrogen-bond donors (Lipinski definition) is 1. The summed E-state index contributed by atoms with van der Waals surface area (Å²) in [5.41, 5.74) is 5.93. The topological polar surface area (TPSA) is 80.5 Å². The lowest BCUT2D eigenvalue weighted by molar-refractivity contribution is 0.373. The van der Waals surface area contributed by atoms with Gasteiger partial charge < -0.3 is 15.0 Å². The van der Waals surface area contributed by atoms with Crippen molar-refractivity contribution in [2.24, 2.45) is 0 Å². The number of aryl methyl sites for hydroxylation is 2. The van der Waals surface area contributed by atoms with Crippen LogP contribution in [-0.2, 0) is 0 Å². The highest BCUT2D eigenvalue weighted by molar-refractivity contribution is 5.83. The van der Waals surface area contributed by atoms with Crippen LogP contribution in [0.1, 0.15) is 52.4 Å². The Hall–Kier alpha value is -3.26. The number of ether oxygens (including phenoxy) is 1. The van der Waals surface area contributed by atoms with Crippen molar-refractivity contribution >= 4 is 22.4 Å². The summed E-state index contributed by atoms with van der Waals surface area (Å²) in [7, 11) is 1.66. The molecule has 35 heavy (non-hydrogen) atoms. The van der Waals surface area contributed by atoms with Gasteiger partial charge in [-0.1, -0.05) is 13.8 Å². The first-order chi connectivity index (χ1) is 16.7. The quantitative estimate of drug-likeness (QED) is 0.447. The number of nitrogens with zero attached hydrogens (tertiary/aromatic N) is 6. The first-order valence-electron chi connectivity index (χ1n) is 12.4. The molecular formula is C27H37N7O. The van der Waals surface area contributed by atoms with E-state index >= 15 is 0 Å². The molecule has 5 rings (SSSR count). The monoisotopic (exact) mass is 475 g/mol. The fourth-order valence-electron chi connectivity index (χ4n) is 4.73. The summed E-state index contributed by atoms with van der Waals surface area (Å²) in [6.45, 7) is 16.5. The molecule has 1 atom stereocenters. The Morgan fingerprint density at radius 1 is 1.00 bits per heavy atom. The Bertz CT molecular complexity index is 1340. The second-order valence-corrected chi connectivity index (χ2v) is 9.87. The van der Waals surface area contributed by atoms with Gasteiger partial charge in [0.25, 0.3) is 0 Å². The maximum atomic E-state index is 5.73. The molecule has 1 saturated heterocycles. The average molecular weight is 476 g/mol. The Labute approximate surface area is 207 Å². The predicted octanol–water partition coefficient (Wildman–Crippen LogP) is 4.96. The molecule has 1 aliphatic heterocycles. The van der Waals surface area contributed by atoms with Gasteiger partial charge in [-0.05, 0) is 65.3 Å². The lowest BCUT2D eigenvalue weighted by Crippen LogP contribution is -2.44. The molecule has 0 radical (unpaired) electrons. The van der Waals surface area contributed by atoms with Gasteiger partial charge in [-0.2, -0.15) is 5.10 Å². The molecule has 0 bridgehead atoms. The Morgan fingerprint density at radius 3 is 2.43 bits per heavy atom. The predicted molar refractivity (Wildman–Crippen MR) is 142 cm³/mol. The van der Waals surface area contributed by atoms with Crippen molar-refractivity contribution in [3.05, 3.63) is 41.9 Å². The third-order valence-corrected chi connectivity index (χ3v) is 5.99. The summed E-state index contributed by atoms with van der Waals surface area (Å²) in [5, 5.41) is 8.46. The smallest absolute Gasteiger partial charge is 0.176 e. The maximum Gasteiger partial charge on any atom is 0.176 e. The van der Waals surface area contributed by atoms with Gasteiger partial charge in [0, 0.05) is 24.7 Å². The second kappa shape index (κ2) is 9.77. The number of pyridine rings is 2. The van der Waals surface area contributed by atoms with Gasteiger partial charge in [0.15, 0.2) is 11.4 Å². The van der Waals surface area contributed by atoms with E-state index in [1.807, 2.05) is 56.6 Å². The van der Waals surface area contributed by atoms with Crippen LogP contribution in [0.4, 0.5) is 5.82 Å². The SMILES string of the molecule is CC.COc1c(-c2ccc3nc(N4CCC(NC(C)(C)C)C4)ccc3n2)nn2cc(C)nc(C)c12. The van der Waals surface area contributed by atoms with Gasteiger partial charge in [-0.3, -0.25) is 4.98 Å². The van der Waals surface area contributed by atoms with Crippen molar-refractivity contribution < 1.29 is 4.74 Å². The molecule has 0 aromatic carbocycles. The number of aromatic nitrogens is 5. The van der Waals surface area contributed by atoms with Crippen molar-refractivity contribution in [1.82, 2.24) is 29.9 Å². The minimum Gasteiger partial charge on any atom is -0.492 e. The van der Waals surface area contributed by atoms with Crippen LogP contribution >= 0.6 is 0 Å². The van der Waals surface area contributed by atoms with Crippen molar-refractivity contribution in [2.75, 3.05) is 25.1 Å². The fourth-order valence-corrected chi connectivity index (χ4v) is 4.73. The number of rotatable bonds is 4. The largest absolute Gasteiger partial charge is 0.492 e. The number of methoxy groups -OCH3 is 1. The van der Waals surface area contributed by atoms with E-state index in [0.29, 0.717) is 17.5 Å². The van der Waals surface area contributed by atoms with Crippen LogP contribution in [0.2, 0.25) is 0 Å². The summed E-state index contributed by atoms with van der Waals surface area (Å²) in [6, 6.07) is 8.57. The second-order valence-electron chi connectivity index (χ2n) is 9.87. The first kappa shape index (κ1) is 24.9. The van der Waals surface area contributed by atoms with Gasteiger partial charge in [0.05, 0.1) is 41.4 Å². The minimum absolute atomic E-state index is 0.115. The van der Waals surface area contributed by atoms with E-state index < -0.39 is 0 Å². The summed E-state index contributed by atoms with van der Waals surface area (Å²) in [5.74, 6) is 1.68. The zero-order chi connectivity index (χ0) is 25.3. The van der Waals surface area contributed by atoms with Gasteiger partial charge in [0.2, 0.25) is 0 Å². The Balaban J connectivity index is 0.00000141. The van der Waals surface area contributed by atoms with Crippen LogP contribution < -0.4 is 15.0 Å². The number of nitrogens with one attached hydrogen (secondary N) is 1. The van der Waals surface area contributed by atoms with Gasteiger partial charge in [-0.15, -0.1) is 0 Å². The fraction of sp³-hybridized carbons (Fsp3) is 0.481. The van der Waals surface area contributed by atoms with E-state index in [0.717, 1.165) is 59.0 Å². The molecule has 1 aliphatic rings. The summed E-state index contributed by atoms with van der Waals surface area (Å²) in [4.78, 5) is 16.7. The number of fused-ring (bicyclic) bond motifs is 2. The van der Waals surface area contributed by atoms with E-state index in [4.69, 9.17) is 19.8 Å². The van der Waals surface area contributed by atoms with Crippen LogP contribution in [0.15, 0.2) is 30.5 Å². The third kappa shape index (κ3) is 5.07. The van der Waals surface area contributed by atoms with Crippen molar-refractivity contribution in [1.29, 1.82) is 0 Å². The Kier molecular flexibility index (Phi) is 6.94. The molecule has 5 heterocycles. The normalized spacial score (nSPS) is 16.0. The lowest BCUT2D eigenvalue weighted by atomic mass is 10.1. The van der Waals surface area contributed by atoms with Gasteiger partial charge in [-0.25, -0.2) is 14.5 Å². The molecule has 4 aromatic rings. The molecule has 186 valence electrons. The molecular weight excluding hydrogens is 438 g/mol. The highest BCUT2D eigenvalue weighted by Crippen LogP contribution is 2.34. The molecule has 1 N–H and O–H groups in total. The van der Waals surface area contributed by atoms with E-state index in [9.17, 15) is 0 Å². The van der Waals surface area contributed by atoms with Crippen molar-refractivity contribution in [3.8, 4) is 17.1 Å². The zero-order valence-electron chi connectivity index (χ0n) is 22.2. The Morgan fingerprint density at radius 2 is 1.71 bits per heavy atom. The van der Waals surface area contributed by atoms with E-state index in [2.05, 4.69) is 42.0 Å². The maximum absolute atomic E-state index is 5.73. The molecule has 4 aromatic heterocycles. The van der Waals surface area contributed by atoms with Crippen molar-refractivity contribution in [2.45, 2.75) is 66.5 Å². The summed E-state index contributed by atoms with van der Waals surface area (Å²) >= 11 is 0. The average Bonchev–Trinajstić information content (AvgIpc) is 3.43. The third-order valence-electron chi connectivity index (χ3n) is 5.99. The van der Waals surface area contributed by atoms with E-state index in [-0.39, 0.29) is 5.54 Å². The molecule has 0 aliphatic carbocycles. The van der Waals surface area contributed by atoms with Crippen molar-refractivity contribution in [3.63, 3.8) is 0 Å². The molecule has 0 spiro atoms. The molecule has 1 unspecified atom stereocenters. The van der Waals surface area contributed by atoms with Crippen LogP contribution in [-0.4, -0.2) is 56.3 Å². The molecule has 8 heteroatoms. The van der Waals surface area contributed by atoms with Crippen LogP contribution in [0, 0.1) is 13.8 Å². The van der Waals surface area contributed by atoms with Crippen LogP contribution in [0.5, 0.6) is 5.75 Å². The van der Waals surface area contributed by atoms with Gasteiger partial charge in [0.1, 0.15) is 11.3 Å². The number of anilines is 1.